The minimum Gasteiger partial charge on any atom is -0.475 e. The molecule has 0 saturated carbocycles. The molecule has 6 heteroatoms. The first-order valence-electron chi connectivity index (χ1n) is 4.79. The Bertz CT molecular complexity index is 428. The number of alkyl halides is 1. The van der Waals surface area contributed by atoms with Crippen molar-refractivity contribution in [2.45, 2.75) is 30.2 Å². The SMILES string of the molecule is CCCC(Cl)Oc1ccc(S(=O)(=O)Cl)cc1. The van der Waals surface area contributed by atoms with Crippen LogP contribution in [0.15, 0.2) is 29.2 Å². The normalized spacial score (nSPS) is 13.4. The van der Waals surface area contributed by atoms with Crippen LogP contribution < -0.4 is 4.74 Å². The van der Waals surface area contributed by atoms with Gasteiger partial charge in [-0.3, -0.25) is 0 Å². The van der Waals surface area contributed by atoms with Crippen molar-refractivity contribution < 1.29 is 13.2 Å². The molecule has 0 aliphatic heterocycles. The molecule has 1 atom stereocenters. The summed E-state index contributed by atoms with van der Waals surface area (Å²) in [5.41, 5.74) is -0.400. The Morgan fingerprint density at radius 1 is 1.31 bits per heavy atom. The fraction of sp³-hybridized carbons (Fsp3) is 0.400. The quantitative estimate of drug-likeness (QED) is 0.614. The molecule has 1 unspecified atom stereocenters. The minimum absolute atomic E-state index is 0.0446. The van der Waals surface area contributed by atoms with Gasteiger partial charge < -0.3 is 4.74 Å². The van der Waals surface area contributed by atoms with E-state index in [2.05, 4.69) is 0 Å². The van der Waals surface area contributed by atoms with Crippen LogP contribution in [0.3, 0.4) is 0 Å². The van der Waals surface area contributed by atoms with Gasteiger partial charge in [0.15, 0.2) is 5.56 Å². The molecule has 0 bridgehead atoms. The number of ether oxygens (including phenoxy) is 1. The molecule has 90 valence electrons. The standard InChI is InChI=1S/C10H12Cl2O3S/c1-2-3-10(11)15-8-4-6-9(7-5-8)16(12,13)14/h4-7,10H,2-3H2,1H3. The first-order valence-corrected chi connectivity index (χ1v) is 7.53. The summed E-state index contributed by atoms with van der Waals surface area (Å²) in [4.78, 5) is 0.0446. The number of hydrogen-bond acceptors (Lipinski definition) is 3. The molecule has 0 heterocycles. The van der Waals surface area contributed by atoms with E-state index in [1.165, 1.54) is 24.3 Å². The highest BCUT2D eigenvalue weighted by atomic mass is 35.7. The first kappa shape index (κ1) is 13.6. The summed E-state index contributed by atoms with van der Waals surface area (Å²) < 4.78 is 27.3. The lowest BCUT2D eigenvalue weighted by Gasteiger charge is -2.11. The molecule has 0 radical (unpaired) electrons. The highest BCUT2D eigenvalue weighted by molar-refractivity contribution is 8.13. The van der Waals surface area contributed by atoms with Crippen molar-refractivity contribution in [2.24, 2.45) is 0 Å². The van der Waals surface area contributed by atoms with Crippen LogP contribution in [-0.2, 0) is 9.05 Å². The largest absolute Gasteiger partial charge is 0.475 e. The lowest BCUT2D eigenvalue weighted by Crippen LogP contribution is -2.07. The molecule has 0 N–H and O–H groups in total. The molecule has 0 amide bonds. The smallest absolute Gasteiger partial charge is 0.261 e. The van der Waals surface area contributed by atoms with Gasteiger partial charge in [0.05, 0.1) is 4.90 Å². The van der Waals surface area contributed by atoms with Gasteiger partial charge in [0, 0.05) is 10.7 Å². The van der Waals surface area contributed by atoms with Crippen molar-refractivity contribution >= 4 is 31.3 Å². The van der Waals surface area contributed by atoms with Gasteiger partial charge in [-0.2, -0.15) is 0 Å². The molecule has 0 aliphatic carbocycles. The number of rotatable bonds is 5. The Kier molecular flexibility index (Phi) is 4.89. The zero-order chi connectivity index (χ0) is 12.2. The summed E-state index contributed by atoms with van der Waals surface area (Å²) in [6.45, 7) is 2.00. The molecule has 0 saturated heterocycles. The van der Waals surface area contributed by atoms with Gasteiger partial charge in [-0.05, 0) is 30.7 Å². The van der Waals surface area contributed by atoms with Gasteiger partial charge in [-0.25, -0.2) is 8.42 Å². The van der Waals surface area contributed by atoms with Crippen LogP contribution in [0.1, 0.15) is 19.8 Å². The Balaban J connectivity index is 2.72. The van der Waals surface area contributed by atoms with Crippen LogP contribution in [0.25, 0.3) is 0 Å². The molecule has 3 nitrogen and oxygen atoms in total. The highest BCUT2D eigenvalue weighted by Crippen LogP contribution is 2.21. The Labute approximate surface area is 105 Å². The average Bonchev–Trinajstić information content (AvgIpc) is 2.17. The molecule has 1 rings (SSSR count). The van der Waals surface area contributed by atoms with E-state index in [0.29, 0.717) is 5.75 Å². The topological polar surface area (TPSA) is 43.4 Å². The van der Waals surface area contributed by atoms with Crippen molar-refractivity contribution in [3.63, 3.8) is 0 Å². The second-order valence-corrected chi connectivity index (χ2v) is 6.28. The van der Waals surface area contributed by atoms with Crippen molar-refractivity contribution in [3.8, 4) is 5.75 Å². The monoisotopic (exact) mass is 282 g/mol. The minimum atomic E-state index is -3.67. The third-order valence-corrected chi connectivity index (χ3v) is 3.56. The maximum Gasteiger partial charge on any atom is 0.261 e. The van der Waals surface area contributed by atoms with Crippen molar-refractivity contribution in [3.05, 3.63) is 24.3 Å². The Hall–Kier alpha value is -0.450. The molecular weight excluding hydrogens is 271 g/mol. The molecule has 1 aromatic rings. The summed E-state index contributed by atoms with van der Waals surface area (Å²) >= 11 is 5.88. The van der Waals surface area contributed by atoms with Gasteiger partial charge in [0.1, 0.15) is 5.75 Å². The lowest BCUT2D eigenvalue weighted by atomic mass is 10.3. The second-order valence-electron chi connectivity index (χ2n) is 3.23. The van der Waals surface area contributed by atoms with Gasteiger partial charge in [0.25, 0.3) is 9.05 Å². The summed E-state index contributed by atoms with van der Waals surface area (Å²) in [5.74, 6) is 0.525. The van der Waals surface area contributed by atoms with E-state index in [0.717, 1.165) is 12.8 Å². The number of benzene rings is 1. The second kappa shape index (κ2) is 5.75. The van der Waals surface area contributed by atoms with E-state index in [4.69, 9.17) is 27.0 Å². The molecule has 0 aromatic heterocycles. The van der Waals surface area contributed by atoms with Gasteiger partial charge in [-0.1, -0.05) is 24.9 Å². The highest BCUT2D eigenvalue weighted by Gasteiger charge is 2.10. The summed E-state index contributed by atoms with van der Waals surface area (Å²) in [6.07, 6.45) is 1.65. The summed E-state index contributed by atoms with van der Waals surface area (Å²) in [7, 11) is 1.50. The van der Waals surface area contributed by atoms with E-state index >= 15 is 0 Å². The first-order chi connectivity index (χ1) is 7.43. The van der Waals surface area contributed by atoms with Crippen LogP contribution in [0.2, 0.25) is 0 Å². The van der Waals surface area contributed by atoms with Gasteiger partial charge >= 0.3 is 0 Å². The van der Waals surface area contributed by atoms with Crippen molar-refractivity contribution in [2.75, 3.05) is 0 Å². The molecule has 0 aliphatic rings. The predicted octanol–water partition coefficient (Wildman–Crippen LogP) is 3.36. The molecular formula is C10H12Cl2O3S. The molecule has 1 aromatic carbocycles. The lowest BCUT2D eigenvalue weighted by molar-refractivity contribution is 0.269. The maximum atomic E-state index is 11.0. The van der Waals surface area contributed by atoms with E-state index in [1.807, 2.05) is 6.92 Å². The maximum absolute atomic E-state index is 11.0. The molecule has 0 fully saturated rings. The zero-order valence-electron chi connectivity index (χ0n) is 8.69. The number of hydrogen-bond donors (Lipinski definition) is 0. The third-order valence-electron chi connectivity index (χ3n) is 1.88. The summed E-state index contributed by atoms with van der Waals surface area (Å²) in [5, 5.41) is 0. The fourth-order valence-corrected chi connectivity index (χ4v) is 2.21. The van der Waals surface area contributed by atoms with Gasteiger partial charge in [0.2, 0.25) is 0 Å². The van der Waals surface area contributed by atoms with E-state index in [1.54, 1.807) is 0 Å². The summed E-state index contributed by atoms with van der Waals surface area (Å²) in [6, 6.07) is 5.82. The third kappa shape index (κ3) is 4.20. The van der Waals surface area contributed by atoms with E-state index in [-0.39, 0.29) is 4.90 Å². The Morgan fingerprint density at radius 2 is 1.88 bits per heavy atom. The van der Waals surface area contributed by atoms with Crippen molar-refractivity contribution in [1.82, 2.24) is 0 Å². The molecule has 0 spiro atoms. The van der Waals surface area contributed by atoms with Crippen LogP contribution in [0.5, 0.6) is 5.75 Å². The molecule has 16 heavy (non-hydrogen) atoms. The van der Waals surface area contributed by atoms with E-state index < -0.39 is 14.6 Å². The van der Waals surface area contributed by atoms with Crippen LogP contribution >= 0.6 is 22.3 Å². The van der Waals surface area contributed by atoms with Crippen LogP contribution in [-0.4, -0.2) is 14.0 Å². The van der Waals surface area contributed by atoms with Crippen molar-refractivity contribution in [1.29, 1.82) is 0 Å². The average molecular weight is 283 g/mol. The predicted molar refractivity (Wildman–Crippen MR) is 64.7 cm³/mol. The van der Waals surface area contributed by atoms with Crippen LogP contribution in [0.4, 0.5) is 0 Å². The van der Waals surface area contributed by atoms with E-state index in [9.17, 15) is 8.42 Å². The number of halogens is 2. The van der Waals surface area contributed by atoms with Gasteiger partial charge in [-0.15, -0.1) is 0 Å². The fourth-order valence-electron chi connectivity index (χ4n) is 1.11. The van der Waals surface area contributed by atoms with Crippen LogP contribution in [0, 0.1) is 0 Å². The zero-order valence-corrected chi connectivity index (χ0v) is 11.0. The Morgan fingerprint density at radius 3 is 2.31 bits per heavy atom.